The second-order valence-corrected chi connectivity index (χ2v) is 24.2. The minimum absolute atomic E-state index is 0.0169. The molecule has 0 heterocycles. The number of fused-ring (bicyclic) bond motifs is 3. The SMILES string of the molecule is CC(C)C[C@H](NC(=O)[C@H](C)N(C)C(=O)OCC1c2ccccc2-c2ccccc21)C(=O)N(C)[C@@H](CC(C)C)C(=O)N[C@@H](C)C(=O)N(C)[C@@H](Cc1ccccc1)C(=O)N[C@@H](C)C(=O)N(C)[C@@H](CC(C)C)C(=O)NCC(=O)N(C)[C@@H](CC(=O)O)C(=O)N(C)C. The van der Waals surface area contributed by atoms with E-state index in [0.717, 1.165) is 37.0 Å². The quantitative estimate of drug-likeness (QED) is 0.0629. The highest BCUT2D eigenvalue weighted by Crippen LogP contribution is 2.44. The van der Waals surface area contributed by atoms with E-state index in [1.54, 1.807) is 30.3 Å². The highest BCUT2D eigenvalue weighted by Gasteiger charge is 2.40. The van der Waals surface area contributed by atoms with E-state index in [9.17, 15) is 57.8 Å². The maximum atomic E-state index is 14.6. The van der Waals surface area contributed by atoms with Crippen LogP contribution in [0.5, 0.6) is 0 Å². The number of carbonyl (C=O) groups excluding carboxylic acids is 10. The van der Waals surface area contributed by atoms with Gasteiger partial charge in [-0.3, -0.25) is 52.8 Å². The van der Waals surface area contributed by atoms with Gasteiger partial charge in [-0.1, -0.05) is 120 Å². The highest BCUT2D eigenvalue weighted by molar-refractivity contribution is 5.98. The molecule has 0 saturated carbocycles. The van der Waals surface area contributed by atoms with Crippen LogP contribution in [0.3, 0.4) is 0 Å². The summed E-state index contributed by atoms with van der Waals surface area (Å²) in [5.74, 6) is -7.93. The third-order valence-corrected chi connectivity index (χ3v) is 15.7. The van der Waals surface area contributed by atoms with E-state index in [1.165, 1.54) is 84.8 Å². The molecule has 0 saturated heterocycles. The molecule has 87 heavy (non-hydrogen) atoms. The number of carboxylic acids is 1. The zero-order valence-electron chi connectivity index (χ0n) is 53.4. The highest BCUT2D eigenvalue weighted by atomic mass is 16.6. The summed E-state index contributed by atoms with van der Waals surface area (Å²) in [5.41, 5.74) is 4.86. The van der Waals surface area contributed by atoms with Crippen LogP contribution in [0.2, 0.25) is 0 Å². The molecular formula is C64H92N10O13. The van der Waals surface area contributed by atoms with E-state index in [-0.39, 0.29) is 56.0 Å². The van der Waals surface area contributed by atoms with E-state index >= 15 is 0 Å². The van der Waals surface area contributed by atoms with Crippen molar-refractivity contribution in [3.8, 4) is 11.1 Å². The van der Waals surface area contributed by atoms with Gasteiger partial charge in [-0.25, -0.2) is 4.79 Å². The molecule has 4 rings (SSSR count). The Labute approximate surface area is 512 Å². The van der Waals surface area contributed by atoms with Gasteiger partial charge in [0.1, 0.15) is 54.9 Å². The van der Waals surface area contributed by atoms with Crippen LogP contribution < -0.4 is 21.3 Å². The Morgan fingerprint density at radius 3 is 1.41 bits per heavy atom. The van der Waals surface area contributed by atoms with Crippen molar-refractivity contribution in [3.63, 3.8) is 0 Å². The van der Waals surface area contributed by atoms with Crippen LogP contribution in [-0.2, 0) is 59.1 Å². The van der Waals surface area contributed by atoms with Gasteiger partial charge >= 0.3 is 12.1 Å². The van der Waals surface area contributed by atoms with Crippen LogP contribution in [0, 0.1) is 17.8 Å². The summed E-state index contributed by atoms with van der Waals surface area (Å²) >= 11 is 0. The molecule has 10 amide bonds. The second-order valence-electron chi connectivity index (χ2n) is 24.2. The molecule has 0 aromatic heterocycles. The second kappa shape index (κ2) is 32.4. The molecule has 5 N–H and O–H groups in total. The number of nitrogens with one attached hydrogen (secondary N) is 4. The van der Waals surface area contributed by atoms with Crippen molar-refractivity contribution >= 4 is 65.2 Å². The predicted octanol–water partition coefficient (Wildman–Crippen LogP) is 4.12. The number of carboxylic acid groups (broad SMARTS) is 1. The minimum Gasteiger partial charge on any atom is -0.481 e. The van der Waals surface area contributed by atoms with Crippen LogP contribution in [0.15, 0.2) is 78.9 Å². The molecule has 0 unspecified atom stereocenters. The van der Waals surface area contributed by atoms with Crippen LogP contribution in [0.4, 0.5) is 4.79 Å². The molecule has 23 nitrogen and oxygen atoms in total. The smallest absolute Gasteiger partial charge is 0.410 e. The molecule has 476 valence electrons. The Bertz CT molecular complexity index is 2890. The van der Waals surface area contributed by atoms with Crippen LogP contribution >= 0.6 is 0 Å². The van der Waals surface area contributed by atoms with Gasteiger partial charge < -0.3 is 55.6 Å². The van der Waals surface area contributed by atoms with Gasteiger partial charge in [0.15, 0.2) is 0 Å². The Balaban J connectivity index is 1.46. The summed E-state index contributed by atoms with van der Waals surface area (Å²) in [6.45, 7) is 15.0. The van der Waals surface area contributed by atoms with Gasteiger partial charge in [0, 0.05) is 61.7 Å². The summed E-state index contributed by atoms with van der Waals surface area (Å²) in [7, 11) is 9.77. The summed E-state index contributed by atoms with van der Waals surface area (Å²) in [5, 5.41) is 20.3. The number of hydrogen-bond acceptors (Lipinski definition) is 12. The van der Waals surface area contributed by atoms with E-state index in [1.807, 2.05) is 90.1 Å². The van der Waals surface area contributed by atoms with Crippen LogP contribution in [0.1, 0.15) is 111 Å². The first-order valence-electron chi connectivity index (χ1n) is 29.6. The lowest BCUT2D eigenvalue weighted by atomic mass is 9.98. The summed E-state index contributed by atoms with van der Waals surface area (Å²) < 4.78 is 5.82. The molecule has 1 aliphatic rings. The fourth-order valence-electron chi connectivity index (χ4n) is 10.5. The number of amides is 10. The zero-order valence-corrected chi connectivity index (χ0v) is 53.4. The molecule has 0 bridgehead atoms. The number of aliphatic carboxylic acids is 1. The fourth-order valence-corrected chi connectivity index (χ4v) is 10.5. The van der Waals surface area contributed by atoms with E-state index in [4.69, 9.17) is 4.74 Å². The lowest BCUT2D eigenvalue weighted by molar-refractivity contribution is -0.149. The van der Waals surface area contributed by atoms with Crippen molar-refractivity contribution in [2.24, 2.45) is 17.8 Å². The topological polar surface area (TPSA) is 285 Å². The fraction of sp³-hybridized carbons (Fsp3) is 0.547. The number of likely N-dealkylation sites (N-methyl/N-ethyl adjacent to an activating group) is 6. The van der Waals surface area contributed by atoms with Gasteiger partial charge in [0.2, 0.25) is 53.2 Å². The number of carbonyl (C=O) groups is 11. The first-order valence-corrected chi connectivity index (χ1v) is 29.6. The largest absolute Gasteiger partial charge is 0.481 e. The third kappa shape index (κ3) is 19.3. The maximum absolute atomic E-state index is 14.6. The van der Waals surface area contributed by atoms with Crippen molar-refractivity contribution in [1.29, 1.82) is 0 Å². The van der Waals surface area contributed by atoms with Gasteiger partial charge in [-0.05, 0) is 85.6 Å². The monoisotopic (exact) mass is 1210 g/mol. The molecule has 3 aromatic carbocycles. The van der Waals surface area contributed by atoms with Gasteiger partial charge in [0.05, 0.1) is 13.0 Å². The molecule has 8 atom stereocenters. The maximum Gasteiger partial charge on any atom is 0.410 e. The zero-order chi connectivity index (χ0) is 65.3. The first kappa shape index (κ1) is 71.1. The number of ether oxygens (including phenoxy) is 1. The van der Waals surface area contributed by atoms with Crippen molar-refractivity contribution in [1.82, 2.24) is 50.7 Å². The molecule has 0 spiro atoms. The minimum atomic E-state index is -1.34. The molecular weight excluding hydrogens is 1120 g/mol. The van der Waals surface area contributed by atoms with Crippen molar-refractivity contribution in [3.05, 3.63) is 95.6 Å². The average Bonchev–Trinajstić information content (AvgIpc) is 1.73. The van der Waals surface area contributed by atoms with Crippen molar-refractivity contribution < 1.29 is 62.6 Å². The lowest BCUT2D eigenvalue weighted by Gasteiger charge is -2.35. The standard InChI is InChI=1S/C64H92N10O13/c1-37(2)30-49(68-56(78)42(9)70(12)64(86)87-36-48-46-28-22-20-26-44(46)45-27-21-23-29-47(45)48)62(84)74(16)51(32-39(5)6)58(80)66-41(8)61(83)73(15)52(33-43-24-18-17-19-25-43)59(81)67-40(7)60(82)72(14)50(31-38(3)4)57(79)65-35-54(75)71(13)53(34-55(76)77)63(85)69(10)11/h17-29,37-42,48-53H,30-36H2,1-16H3,(H,65,79)(H,66,80)(H,67,81)(H,68,78)(H,76,77)/t40-,41-,42-,49-,50-,51-,52-,53-/m0/s1. The number of rotatable bonds is 30. The van der Waals surface area contributed by atoms with Crippen molar-refractivity contribution in [2.75, 3.05) is 62.5 Å². The molecule has 1 aliphatic carbocycles. The Kier molecular flexibility index (Phi) is 26.5. The number of benzene rings is 3. The molecule has 23 heteroatoms. The first-order chi connectivity index (χ1) is 40.8. The lowest BCUT2D eigenvalue weighted by Crippen LogP contribution is -2.60. The molecule has 3 aromatic rings. The normalized spacial score (nSPS) is 14.5. The van der Waals surface area contributed by atoms with Gasteiger partial charge in [0.25, 0.3) is 0 Å². The van der Waals surface area contributed by atoms with Crippen LogP contribution in [-0.4, -0.2) is 211 Å². The summed E-state index contributed by atoms with van der Waals surface area (Å²) in [6.07, 6.45) is -0.926. The Morgan fingerprint density at radius 1 is 0.483 bits per heavy atom. The van der Waals surface area contributed by atoms with E-state index in [0.29, 0.717) is 5.56 Å². The summed E-state index contributed by atoms with van der Waals surface area (Å²) in [6, 6.07) is 15.1. The average molecular weight is 1210 g/mol. The predicted molar refractivity (Wildman–Crippen MR) is 328 cm³/mol. The third-order valence-electron chi connectivity index (χ3n) is 15.7. The van der Waals surface area contributed by atoms with Crippen molar-refractivity contribution in [2.45, 2.75) is 149 Å². The molecule has 0 radical (unpaired) electrons. The molecule has 0 aliphatic heterocycles. The Hall–Kier alpha value is -8.37. The molecule has 0 fully saturated rings. The summed E-state index contributed by atoms with van der Waals surface area (Å²) in [4.78, 5) is 158. The number of hydrogen-bond donors (Lipinski definition) is 5. The number of nitrogens with zero attached hydrogens (tertiary/aromatic N) is 6. The van der Waals surface area contributed by atoms with E-state index in [2.05, 4.69) is 21.3 Å². The van der Waals surface area contributed by atoms with E-state index < -0.39 is 127 Å². The van der Waals surface area contributed by atoms with Crippen LogP contribution in [0.25, 0.3) is 11.1 Å². The Morgan fingerprint density at radius 2 is 0.931 bits per heavy atom. The van der Waals surface area contributed by atoms with Gasteiger partial charge in [-0.15, -0.1) is 0 Å². The van der Waals surface area contributed by atoms with Gasteiger partial charge in [-0.2, -0.15) is 0 Å².